The molecule has 0 amide bonds. The number of aliphatic imine (C=N–C) groups is 1. The largest absolute Gasteiger partial charge is 0.493 e. The van der Waals surface area contributed by atoms with E-state index >= 15 is 0 Å². The Hall–Kier alpha value is -3.12. The lowest BCUT2D eigenvalue weighted by Crippen LogP contribution is -2.39. The molecule has 0 N–H and O–H groups in total. The molecular formula is C30H32ClNO5. The van der Waals surface area contributed by atoms with Gasteiger partial charge in [-0.1, -0.05) is 29.8 Å². The Morgan fingerprint density at radius 1 is 0.946 bits per heavy atom. The number of halogens is 1. The van der Waals surface area contributed by atoms with Crippen molar-refractivity contribution in [2.75, 3.05) is 14.2 Å². The predicted octanol–water partition coefficient (Wildman–Crippen LogP) is 6.42. The number of nitrogens with zero attached hydrogens (tertiary/aromatic N) is 1. The van der Waals surface area contributed by atoms with Crippen molar-refractivity contribution < 1.29 is 23.8 Å². The van der Waals surface area contributed by atoms with Gasteiger partial charge in [0.15, 0.2) is 17.3 Å². The van der Waals surface area contributed by atoms with Gasteiger partial charge < -0.3 is 14.2 Å². The van der Waals surface area contributed by atoms with Crippen LogP contribution in [0.2, 0.25) is 5.02 Å². The van der Waals surface area contributed by atoms with Gasteiger partial charge in [-0.25, -0.2) is 0 Å². The summed E-state index contributed by atoms with van der Waals surface area (Å²) < 4.78 is 16.8. The van der Waals surface area contributed by atoms with Crippen LogP contribution in [-0.4, -0.2) is 37.8 Å². The van der Waals surface area contributed by atoms with Gasteiger partial charge in [0.25, 0.3) is 0 Å². The molecule has 3 atom stereocenters. The Balaban J connectivity index is 1.52. The van der Waals surface area contributed by atoms with E-state index in [4.69, 9.17) is 30.8 Å². The quantitative estimate of drug-likeness (QED) is 0.410. The zero-order chi connectivity index (χ0) is 26.1. The maximum absolute atomic E-state index is 13.8. The molecule has 2 aliphatic carbocycles. The van der Waals surface area contributed by atoms with Crippen LogP contribution in [0.3, 0.4) is 0 Å². The number of esters is 1. The zero-order valence-electron chi connectivity index (χ0n) is 21.5. The van der Waals surface area contributed by atoms with Crippen molar-refractivity contribution in [1.29, 1.82) is 0 Å². The number of carbonyl (C=O) groups excluding carboxylic acids is 2. The van der Waals surface area contributed by atoms with Crippen molar-refractivity contribution in [1.82, 2.24) is 0 Å². The molecule has 6 nitrogen and oxygen atoms in total. The number of carbonyl (C=O) groups is 2. The first kappa shape index (κ1) is 25.5. The van der Waals surface area contributed by atoms with Crippen molar-refractivity contribution in [2.24, 2.45) is 10.9 Å². The van der Waals surface area contributed by atoms with E-state index in [2.05, 4.69) is 0 Å². The van der Waals surface area contributed by atoms with E-state index in [0.29, 0.717) is 40.6 Å². The van der Waals surface area contributed by atoms with Crippen molar-refractivity contribution in [3.63, 3.8) is 0 Å². The summed E-state index contributed by atoms with van der Waals surface area (Å²) in [4.78, 5) is 32.2. The Morgan fingerprint density at radius 2 is 1.62 bits per heavy atom. The molecule has 1 aliphatic heterocycles. The van der Waals surface area contributed by atoms with Gasteiger partial charge in [-0.3, -0.25) is 14.6 Å². The van der Waals surface area contributed by atoms with Gasteiger partial charge in [0.2, 0.25) is 0 Å². The third kappa shape index (κ3) is 5.04. The number of hydrogen-bond acceptors (Lipinski definition) is 6. The summed E-state index contributed by atoms with van der Waals surface area (Å²) >= 11 is 6.18. The van der Waals surface area contributed by atoms with Crippen molar-refractivity contribution in [3.05, 3.63) is 69.9 Å². The predicted molar refractivity (Wildman–Crippen MR) is 143 cm³/mol. The first-order valence-corrected chi connectivity index (χ1v) is 13.3. The highest BCUT2D eigenvalue weighted by Crippen LogP contribution is 2.48. The Bertz CT molecular complexity index is 1260. The maximum Gasteiger partial charge on any atom is 0.315 e. The number of Topliss-reactive ketones (excluding diaryl/α,β-unsaturated/α-hetero) is 1. The van der Waals surface area contributed by atoms with Crippen LogP contribution in [0, 0.1) is 5.92 Å². The van der Waals surface area contributed by atoms with E-state index in [-0.39, 0.29) is 23.8 Å². The normalized spacial score (nSPS) is 23.9. The average Bonchev–Trinajstić information content (AvgIpc) is 3.40. The molecule has 3 aliphatic rings. The van der Waals surface area contributed by atoms with Crippen molar-refractivity contribution in [2.45, 2.75) is 63.4 Å². The first-order chi connectivity index (χ1) is 17.9. The highest BCUT2D eigenvalue weighted by atomic mass is 35.5. The third-order valence-electron chi connectivity index (χ3n) is 7.84. The fourth-order valence-corrected chi connectivity index (χ4v) is 6.11. The summed E-state index contributed by atoms with van der Waals surface area (Å²) in [5.41, 5.74) is 3.92. The van der Waals surface area contributed by atoms with Gasteiger partial charge >= 0.3 is 5.97 Å². The molecule has 0 radical (unpaired) electrons. The van der Waals surface area contributed by atoms with E-state index < -0.39 is 11.8 Å². The molecule has 0 aromatic heterocycles. The van der Waals surface area contributed by atoms with Crippen LogP contribution in [0.15, 0.2) is 58.7 Å². The number of rotatable bonds is 6. The van der Waals surface area contributed by atoms with Gasteiger partial charge in [0.1, 0.15) is 12.0 Å². The van der Waals surface area contributed by atoms with E-state index in [1.807, 2.05) is 37.3 Å². The standard InChI is InChI=1S/C30H32ClNO5/c1-17-27(30(34)37-22-6-4-5-7-22)28(18-8-11-21(31)12-9-18)29-23(32-17)14-20(15-24(29)33)19-10-13-25(35-2)26(16-19)36-3/h8-13,16,20,22,27-28H,4-7,14-15H2,1-3H3/t20-,27?,28-/m1/s1. The molecule has 1 heterocycles. The van der Waals surface area contributed by atoms with E-state index in [9.17, 15) is 9.59 Å². The monoisotopic (exact) mass is 521 g/mol. The number of hydrogen-bond donors (Lipinski definition) is 0. The van der Waals surface area contributed by atoms with Crippen LogP contribution < -0.4 is 9.47 Å². The van der Waals surface area contributed by atoms with Gasteiger partial charge in [-0.05, 0) is 80.3 Å². The molecule has 0 spiro atoms. The Kier molecular flexibility index (Phi) is 7.38. The molecule has 1 unspecified atom stereocenters. The number of allylic oxidation sites excluding steroid dienone is 2. The number of methoxy groups -OCH3 is 2. The van der Waals surface area contributed by atoms with Crippen LogP contribution in [0.4, 0.5) is 0 Å². The fourth-order valence-electron chi connectivity index (χ4n) is 5.98. The number of benzene rings is 2. The van der Waals surface area contributed by atoms with Crippen LogP contribution in [0.5, 0.6) is 11.5 Å². The zero-order valence-corrected chi connectivity index (χ0v) is 22.2. The molecule has 2 aromatic rings. The fraction of sp³-hybridized carbons (Fsp3) is 0.433. The minimum atomic E-state index is -0.637. The van der Waals surface area contributed by atoms with Gasteiger partial charge in [0.05, 0.1) is 14.2 Å². The first-order valence-electron chi connectivity index (χ1n) is 12.9. The second-order valence-electron chi connectivity index (χ2n) is 10.1. The third-order valence-corrected chi connectivity index (χ3v) is 8.09. The molecule has 37 heavy (non-hydrogen) atoms. The lowest BCUT2D eigenvalue weighted by Gasteiger charge is -2.37. The SMILES string of the molecule is COc1ccc([C@H]2CC(=O)C3=C(C2)N=C(C)C(C(=O)OC2CCCC2)[C@H]3c2ccc(Cl)cc2)cc1OC. The molecule has 0 saturated heterocycles. The summed E-state index contributed by atoms with van der Waals surface area (Å²) in [5, 5.41) is 0.604. The molecule has 1 saturated carbocycles. The molecule has 0 bridgehead atoms. The maximum atomic E-state index is 13.8. The van der Waals surface area contributed by atoms with E-state index in [1.54, 1.807) is 26.4 Å². The Morgan fingerprint density at radius 3 is 2.30 bits per heavy atom. The number of ether oxygens (including phenoxy) is 3. The topological polar surface area (TPSA) is 74.2 Å². The van der Waals surface area contributed by atoms with Gasteiger partial charge in [0, 0.05) is 34.3 Å². The minimum absolute atomic E-state index is 0.0101. The van der Waals surface area contributed by atoms with Gasteiger partial charge in [-0.15, -0.1) is 0 Å². The molecule has 1 fully saturated rings. The lowest BCUT2D eigenvalue weighted by atomic mass is 9.69. The molecule has 5 rings (SSSR count). The highest BCUT2D eigenvalue weighted by Gasteiger charge is 2.45. The van der Waals surface area contributed by atoms with E-state index in [1.165, 1.54) is 0 Å². The summed E-state index contributed by atoms with van der Waals surface area (Å²) in [5.74, 6) is -0.143. The van der Waals surface area contributed by atoms with Crippen molar-refractivity contribution >= 4 is 29.1 Å². The Labute approximate surface area is 222 Å². The van der Waals surface area contributed by atoms with E-state index in [0.717, 1.165) is 42.5 Å². The average molecular weight is 522 g/mol. The summed E-state index contributed by atoms with van der Waals surface area (Å²) in [6.07, 6.45) is 4.79. The second kappa shape index (κ2) is 10.7. The summed E-state index contributed by atoms with van der Waals surface area (Å²) in [7, 11) is 3.20. The minimum Gasteiger partial charge on any atom is -0.493 e. The summed E-state index contributed by atoms with van der Waals surface area (Å²) in [6, 6.07) is 13.2. The second-order valence-corrected chi connectivity index (χ2v) is 10.5. The molecular weight excluding hydrogens is 490 g/mol. The lowest BCUT2D eigenvalue weighted by molar-refractivity contribution is -0.151. The molecule has 2 aromatic carbocycles. The highest BCUT2D eigenvalue weighted by molar-refractivity contribution is 6.30. The molecule has 194 valence electrons. The smallest absolute Gasteiger partial charge is 0.315 e. The number of ketones is 1. The van der Waals surface area contributed by atoms with Gasteiger partial charge in [-0.2, -0.15) is 0 Å². The van der Waals surface area contributed by atoms with Crippen LogP contribution in [-0.2, 0) is 14.3 Å². The summed E-state index contributed by atoms with van der Waals surface area (Å²) in [6.45, 7) is 1.87. The van der Waals surface area contributed by atoms with Crippen LogP contribution in [0.25, 0.3) is 0 Å². The van der Waals surface area contributed by atoms with Crippen LogP contribution in [0.1, 0.15) is 68.4 Å². The molecule has 7 heteroatoms. The van der Waals surface area contributed by atoms with Crippen LogP contribution >= 0.6 is 11.6 Å². The van der Waals surface area contributed by atoms with Crippen molar-refractivity contribution in [3.8, 4) is 11.5 Å².